The Morgan fingerprint density at radius 2 is 2.29 bits per heavy atom. The SMILES string of the molecule is COC(=O)c1cccc(Nc2nc(C)cs2)c1. The van der Waals surface area contributed by atoms with E-state index in [1.807, 2.05) is 18.4 Å². The maximum Gasteiger partial charge on any atom is 0.337 e. The van der Waals surface area contributed by atoms with E-state index >= 15 is 0 Å². The van der Waals surface area contributed by atoms with E-state index in [9.17, 15) is 4.79 Å². The Hall–Kier alpha value is -1.88. The Morgan fingerprint density at radius 3 is 2.94 bits per heavy atom. The molecular formula is C12H12N2O2S. The smallest absolute Gasteiger partial charge is 0.337 e. The molecule has 1 N–H and O–H groups in total. The zero-order valence-electron chi connectivity index (χ0n) is 9.56. The van der Waals surface area contributed by atoms with E-state index in [0.29, 0.717) is 5.56 Å². The minimum absolute atomic E-state index is 0.344. The molecule has 0 saturated heterocycles. The summed E-state index contributed by atoms with van der Waals surface area (Å²) in [5, 5.41) is 5.92. The van der Waals surface area contributed by atoms with Crippen molar-refractivity contribution in [3.8, 4) is 0 Å². The van der Waals surface area contributed by atoms with Gasteiger partial charge < -0.3 is 10.1 Å². The van der Waals surface area contributed by atoms with Gasteiger partial charge in [-0.2, -0.15) is 0 Å². The summed E-state index contributed by atoms with van der Waals surface area (Å²) in [4.78, 5) is 15.7. The van der Waals surface area contributed by atoms with Crippen LogP contribution in [0.1, 0.15) is 16.1 Å². The first-order chi connectivity index (χ1) is 8.19. The average molecular weight is 248 g/mol. The number of methoxy groups -OCH3 is 1. The van der Waals surface area contributed by atoms with Crippen LogP contribution in [-0.2, 0) is 4.74 Å². The largest absolute Gasteiger partial charge is 0.465 e. The van der Waals surface area contributed by atoms with Gasteiger partial charge in [-0.1, -0.05) is 6.07 Å². The average Bonchev–Trinajstić information content (AvgIpc) is 2.74. The third kappa shape index (κ3) is 2.82. The van der Waals surface area contributed by atoms with Crippen LogP contribution in [0.3, 0.4) is 0 Å². The molecule has 0 atom stereocenters. The summed E-state index contributed by atoms with van der Waals surface area (Å²) >= 11 is 1.53. The fourth-order valence-corrected chi connectivity index (χ4v) is 2.08. The fraction of sp³-hybridized carbons (Fsp3) is 0.167. The summed E-state index contributed by atoms with van der Waals surface area (Å²) in [5.74, 6) is -0.344. The van der Waals surface area contributed by atoms with E-state index < -0.39 is 0 Å². The van der Waals surface area contributed by atoms with Crippen molar-refractivity contribution in [2.24, 2.45) is 0 Å². The van der Waals surface area contributed by atoms with Gasteiger partial charge in [0, 0.05) is 11.1 Å². The molecular weight excluding hydrogens is 236 g/mol. The van der Waals surface area contributed by atoms with Crippen molar-refractivity contribution in [3.05, 3.63) is 40.9 Å². The van der Waals surface area contributed by atoms with E-state index in [1.54, 1.807) is 18.2 Å². The van der Waals surface area contributed by atoms with Crippen LogP contribution in [-0.4, -0.2) is 18.1 Å². The highest BCUT2D eigenvalue weighted by atomic mass is 32.1. The number of hydrogen-bond acceptors (Lipinski definition) is 5. The summed E-state index contributed by atoms with van der Waals surface area (Å²) in [6, 6.07) is 7.13. The number of rotatable bonds is 3. The van der Waals surface area contributed by atoms with E-state index in [1.165, 1.54) is 18.4 Å². The monoisotopic (exact) mass is 248 g/mol. The molecule has 2 aromatic rings. The number of aromatic nitrogens is 1. The number of thiazole rings is 1. The van der Waals surface area contributed by atoms with Gasteiger partial charge >= 0.3 is 5.97 Å². The lowest BCUT2D eigenvalue weighted by atomic mass is 10.2. The highest BCUT2D eigenvalue weighted by molar-refractivity contribution is 7.13. The topological polar surface area (TPSA) is 51.2 Å². The van der Waals surface area contributed by atoms with Gasteiger partial charge in [0.1, 0.15) is 0 Å². The molecule has 5 heteroatoms. The van der Waals surface area contributed by atoms with Crippen molar-refractivity contribution in [2.45, 2.75) is 6.92 Å². The summed E-state index contributed by atoms with van der Waals surface area (Å²) in [7, 11) is 1.37. The van der Waals surface area contributed by atoms with Crippen LogP contribution in [0.2, 0.25) is 0 Å². The molecule has 1 aromatic carbocycles. The van der Waals surface area contributed by atoms with E-state index in [0.717, 1.165) is 16.5 Å². The predicted molar refractivity (Wildman–Crippen MR) is 67.9 cm³/mol. The van der Waals surface area contributed by atoms with Gasteiger partial charge in [0.2, 0.25) is 0 Å². The molecule has 0 amide bonds. The van der Waals surface area contributed by atoms with Crippen LogP contribution in [0.5, 0.6) is 0 Å². The number of aryl methyl sites for hydroxylation is 1. The molecule has 1 aromatic heterocycles. The van der Waals surface area contributed by atoms with Crippen molar-refractivity contribution >= 4 is 28.1 Å². The summed E-state index contributed by atoms with van der Waals surface area (Å²) < 4.78 is 4.67. The number of carbonyl (C=O) groups excluding carboxylic acids is 1. The van der Waals surface area contributed by atoms with Crippen molar-refractivity contribution in [3.63, 3.8) is 0 Å². The van der Waals surface area contributed by atoms with Crippen LogP contribution in [0.25, 0.3) is 0 Å². The molecule has 2 rings (SSSR count). The van der Waals surface area contributed by atoms with Crippen LogP contribution >= 0.6 is 11.3 Å². The molecule has 0 radical (unpaired) electrons. The highest BCUT2D eigenvalue weighted by Gasteiger charge is 2.06. The van der Waals surface area contributed by atoms with E-state index in [-0.39, 0.29) is 5.97 Å². The molecule has 0 spiro atoms. The summed E-state index contributed by atoms with van der Waals surface area (Å²) in [6.45, 7) is 1.94. The Balaban J connectivity index is 2.19. The Morgan fingerprint density at radius 1 is 1.47 bits per heavy atom. The maximum absolute atomic E-state index is 11.4. The van der Waals surface area contributed by atoms with Crippen molar-refractivity contribution < 1.29 is 9.53 Å². The number of esters is 1. The van der Waals surface area contributed by atoms with Crippen LogP contribution in [0.4, 0.5) is 10.8 Å². The molecule has 0 fully saturated rings. The third-order valence-electron chi connectivity index (χ3n) is 2.15. The standard InChI is InChI=1S/C12H12N2O2S/c1-8-7-17-12(13-8)14-10-5-3-4-9(6-10)11(15)16-2/h3-7H,1-2H3,(H,13,14). The molecule has 0 aliphatic rings. The molecule has 0 saturated carbocycles. The second-order valence-electron chi connectivity index (χ2n) is 3.49. The van der Waals surface area contributed by atoms with Gasteiger partial charge in [-0.25, -0.2) is 9.78 Å². The second-order valence-corrected chi connectivity index (χ2v) is 4.35. The van der Waals surface area contributed by atoms with Crippen LogP contribution in [0.15, 0.2) is 29.6 Å². The number of carbonyl (C=O) groups is 1. The Bertz CT molecular complexity index is 537. The number of hydrogen-bond donors (Lipinski definition) is 1. The Kier molecular flexibility index (Phi) is 3.39. The molecule has 0 unspecified atom stereocenters. The molecule has 88 valence electrons. The van der Waals surface area contributed by atoms with Gasteiger partial charge in [0.15, 0.2) is 5.13 Å². The summed E-state index contributed by atoms with van der Waals surface area (Å²) in [6.07, 6.45) is 0. The van der Waals surface area contributed by atoms with Crippen molar-refractivity contribution in [1.82, 2.24) is 4.98 Å². The lowest BCUT2D eigenvalue weighted by Gasteiger charge is -2.04. The minimum Gasteiger partial charge on any atom is -0.465 e. The zero-order chi connectivity index (χ0) is 12.3. The van der Waals surface area contributed by atoms with Gasteiger partial charge in [0.25, 0.3) is 0 Å². The molecule has 4 nitrogen and oxygen atoms in total. The second kappa shape index (κ2) is 4.97. The first-order valence-electron chi connectivity index (χ1n) is 5.06. The van der Waals surface area contributed by atoms with Gasteiger partial charge in [-0.05, 0) is 25.1 Å². The number of benzene rings is 1. The first kappa shape index (κ1) is 11.6. The highest BCUT2D eigenvalue weighted by Crippen LogP contribution is 2.21. The van der Waals surface area contributed by atoms with Crippen molar-refractivity contribution in [1.29, 1.82) is 0 Å². The van der Waals surface area contributed by atoms with Crippen molar-refractivity contribution in [2.75, 3.05) is 12.4 Å². The first-order valence-corrected chi connectivity index (χ1v) is 5.94. The van der Waals surface area contributed by atoms with E-state index in [2.05, 4.69) is 15.0 Å². The minimum atomic E-state index is -0.344. The zero-order valence-corrected chi connectivity index (χ0v) is 10.4. The number of nitrogens with zero attached hydrogens (tertiary/aromatic N) is 1. The number of nitrogens with one attached hydrogen (secondary N) is 1. The molecule has 0 aliphatic heterocycles. The quantitative estimate of drug-likeness (QED) is 0.848. The Labute approximate surface area is 103 Å². The molecule has 17 heavy (non-hydrogen) atoms. The number of anilines is 2. The molecule has 0 aliphatic carbocycles. The molecule has 1 heterocycles. The van der Waals surface area contributed by atoms with Crippen LogP contribution < -0.4 is 5.32 Å². The lowest BCUT2D eigenvalue weighted by Crippen LogP contribution is -2.01. The fourth-order valence-electron chi connectivity index (χ4n) is 1.38. The number of ether oxygens (including phenoxy) is 1. The van der Waals surface area contributed by atoms with Gasteiger partial charge in [-0.15, -0.1) is 11.3 Å². The van der Waals surface area contributed by atoms with Gasteiger partial charge in [0.05, 0.1) is 18.4 Å². The predicted octanol–water partition coefficient (Wildman–Crippen LogP) is 2.98. The van der Waals surface area contributed by atoms with Gasteiger partial charge in [-0.3, -0.25) is 0 Å². The maximum atomic E-state index is 11.4. The normalized spacial score (nSPS) is 10.0. The van der Waals surface area contributed by atoms with E-state index in [4.69, 9.17) is 0 Å². The van der Waals surface area contributed by atoms with Crippen LogP contribution in [0, 0.1) is 6.92 Å². The molecule has 0 bridgehead atoms. The lowest BCUT2D eigenvalue weighted by molar-refractivity contribution is 0.0601. The third-order valence-corrected chi connectivity index (χ3v) is 3.03. The summed E-state index contributed by atoms with van der Waals surface area (Å²) in [5.41, 5.74) is 2.31.